The van der Waals surface area contributed by atoms with Crippen LogP contribution in [-0.4, -0.2) is 18.1 Å². The van der Waals surface area contributed by atoms with Crippen molar-refractivity contribution in [3.05, 3.63) is 30.1 Å². The molecule has 3 heteroatoms. The van der Waals surface area contributed by atoms with E-state index in [4.69, 9.17) is 0 Å². The number of hydrogen-bond donors (Lipinski definition) is 0. The van der Waals surface area contributed by atoms with Gasteiger partial charge in [-0.15, -0.1) is 0 Å². The van der Waals surface area contributed by atoms with Crippen molar-refractivity contribution < 1.29 is 9.53 Å². The fraction of sp³-hybridized carbons (Fsp3) is 0.600. The molecule has 0 N–H and O–H groups in total. The molecular formula is C15H23NO2. The van der Waals surface area contributed by atoms with E-state index in [1.54, 1.807) is 0 Å². The summed E-state index contributed by atoms with van der Waals surface area (Å²) in [5.74, 6) is -0.0901. The number of carbonyl (C=O) groups is 1. The molecule has 1 rings (SSSR count). The maximum Gasteiger partial charge on any atom is 0.305 e. The SMILES string of the molecule is COC(=O)CCCCCCCCc1ccncc1. The van der Waals surface area contributed by atoms with Gasteiger partial charge in [0.2, 0.25) is 0 Å². The number of unbranched alkanes of at least 4 members (excludes halogenated alkanes) is 5. The van der Waals surface area contributed by atoms with Gasteiger partial charge in [0.15, 0.2) is 0 Å². The fourth-order valence-corrected chi connectivity index (χ4v) is 1.96. The highest BCUT2D eigenvalue weighted by atomic mass is 16.5. The smallest absolute Gasteiger partial charge is 0.305 e. The number of carbonyl (C=O) groups excluding carboxylic acids is 1. The summed E-state index contributed by atoms with van der Waals surface area (Å²) in [5.41, 5.74) is 1.37. The van der Waals surface area contributed by atoms with E-state index in [-0.39, 0.29) is 5.97 Å². The van der Waals surface area contributed by atoms with E-state index in [9.17, 15) is 4.79 Å². The van der Waals surface area contributed by atoms with Gasteiger partial charge < -0.3 is 4.74 Å². The predicted octanol–water partition coefficient (Wildman–Crippen LogP) is 3.53. The highest BCUT2D eigenvalue weighted by Gasteiger charge is 1.99. The van der Waals surface area contributed by atoms with Crippen LogP contribution in [0.4, 0.5) is 0 Å². The summed E-state index contributed by atoms with van der Waals surface area (Å²) < 4.78 is 4.60. The normalized spacial score (nSPS) is 10.3. The van der Waals surface area contributed by atoms with Gasteiger partial charge in [-0.1, -0.05) is 25.7 Å². The maximum atomic E-state index is 10.9. The van der Waals surface area contributed by atoms with Gasteiger partial charge in [0.25, 0.3) is 0 Å². The summed E-state index contributed by atoms with van der Waals surface area (Å²) in [6.07, 6.45) is 12.5. The molecule has 0 aliphatic heterocycles. The molecule has 0 aromatic carbocycles. The Morgan fingerprint density at radius 2 is 1.67 bits per heavy atom. The van der Waals surface area contributed by atoms with Crippen LogP contribution < -0.4 is 0 Å². The first-order valence-electron chi connectivity index (χ1n) is 6.78. The number of nitrogens with zero attached hydrogens (tertiary/aromatic N) is 1. The third-order valence-corrected chi connectivity index (χ3v) is 3.07. The van der Waals surface area contributed by atoms with Crippen LogP contribution in [0.1, 0.15) is 50.5 Å². The molecule has 0 saturated heterocycles. The molecule has 0 atom stereocenters. The lowest BCUT2D eigenvalue weighted by molar-refractivity contribution is -0.140. The molecule has 1 heterocycles. The third kappa shape index (κ3) is 7.05. The van der Waals surface area contributed by atoms with E-state index in [1.165, 1.54) is 38.4 Å². The van der Waals surface area contributed by atoms with Crippen molar-refractivity contribution in [3.8, 4) is 0 Å². The Morgan fingerprint density at radius 3 is 2.33 bits per heavy atom. The van der Waals surface area contributed by atoms with Gasteiger partial charge in [-0.05, 0) is 37.0 Å². The van der Waals surface area contributed by atoms with Crippen LogP contribution in [0.15, 0.2) is 24.5 Å². The summed E-state index contributed by atoms with van der Waals surface area (Å²) in [6, 6.07) is 4.16. The number of hydrogen-bond acceptors (Lipinski definition) is 3. The monoisotopic (exact) mass is 249 g/mol. The highest BCUT2D eigenvalue weighted by molar-refractivity contribution is 5.68. The molecule has 0 unspecified atom stereocenters. The number of aryl methyl sites for hydroxylation is 1. The topological polar surface area (TPSA) is 39.2 Å². The number of methoxy groups -OCH3 is 1. The van der Waals surface area contributed by atoms with Gasteiger partial charge in [-0.3, -0.25) is 9.78 Å². The summed E-state index contributed by atoms with van der Waals surface area (Å²) in [5, 5.41) is 0. The fourth-order valence-electron chi connectivity index (χ4n) is 1.96. The van der Waals surface area contributed by atoms with Crippen LogP contribution in [0.2, 0.25) is 0 Å². The second-order valence-corrected chi connectivity index (χ2v) is 4.55. The Hall–Kier alpha value is -1.38. The molecular weight excluding hydrogens is 226 g/mol. The van der Waals surface area contributed by atoms with Gasteiger partial charge in [-0.25, -0.2) is 0 Å². The Bertz CT molecular complexity index is 325. The van der Waals surface area contributed by atoms with Crippen molar-refractivity contribution in [1.82, 2.24) is 4.98 Å². The van der Waals surface area contributed by atoms with E-state index in [0.717, 1.165) is 19.3 Å². The Labute approximate surface area is 110 Å². The van der Waals surface area contributed by atoms with Crippen LogP contribution in [0.5, 0.6) is 0 Å². The highest BCUT2D eigenvalue weighted by Crippen LogP contribution is 2.10. The number of esters is 1. The van der Waals surface area contributed by atoms with Gasteiger partial charge in [-0.2, -0.15) is 0 Å². The zero-order valence-electron chi connectivity index (χ0n) is 11.2. The minimum atomic E-state index is -0.0901. The molecule has 1 aromatic heterocycles. The Morgan fingerprint density at radius 1 is 1.06 bits per heavy atom. The van der Waals surface area contributed by atoms with E-state index in [2.05, 4.69) is 21.9 Å². The molecule has 1 aromatic rings. The number of pyridine rings is 1. The first kappa shape index (κ1) is 14.7. The second kappa shape index (κ2) is 9.63. The van der Waals surface area contributed by atoms with Gasteiger partial charge in [0.1, 0.15) is 0 Å². The van der Waals surface area contributed by atoms with Gasteiger partial charge in [0, 0.05) is 18.8 Å². The average molecular weight is 249 g/mol. The molecule has 0 saturated carbocycles. The molecule has 0 aliphatic rings. The molecule has 0 bridgehead atoms. The van der Waals surface area contributed by atoms with E-state index < -0.39 is 0 Å². The molecule has 18 heavy (non-hydrogen) atoms. The van der Waals surface area contributed by atoms with Crippen LogP contribution in [0.25, 0.3) is 0 Å². The summed E-state index contributed by atoms with van der Waals surface area (Å²) in [6.45, 7) is 0. The lowest BCUT2D eigenvalue weighted by atomic mass is 10.1. The summed E-state index contributed by atoms with van der Waals surface area (Å²) >= 11 is 0. The predicted molar refractivity (Wildman–Crippen MR) is 72.3 cm³/mol. The van der Waals surface area contributed by atoms with Gasteiger partial charge >= 0.3 is 5.97 Å². The lowest BCUT2D eigenvalue weighted by Gasteiger charge is -2.02. The minimum absolute atomic E-state index is 0.0901. The average Bonchev–Trinajstić information content (AvgIpc) is 2.42. The second-order valence-electron chi connectivity index (χ2n) is 4.55. The van der Waals surface area contributed by atoms with E-state index >= 15 is 0 Å². The first-order chi connectivity index (χ1) is 8.83. The van der Waals surface area contributed by atoms with Crippen molar-refractivity contribution in [1.29, 1.82) is 0 Å². The number of aromatic nitrogens is 1. The zero-order valence-corrected chi connectivity index (χ0v) is 11.2. The van der Waals surface area contributed by atoms with Crippen molar-refractivity contribution in [3.63, 3.8) is 0 Å². The third-order valence-electron chi connectivity index (χ3n) is 3.07. The van der Waals surface area contributed by atoms with Crippen LogP contribution in [-0.2, 0) is 16.0 Å². The van der Waals surface area contributed by atoms with Gasteiger partial charge in [0.05, 0.1) is 7.11 Å². The van der Waals surface area contributed by atoms with Crippen LogP contribution in [0.3, 0.4) is 0 Å². The summed E-state index contributed by atoms with van der Waals surface area (Å²) in [4.78, 5) is 14.9. The largest absolute Gasteiger partial charge is 0.469 e. The molecule has 100 valence electrons. The molecule has 0 fully saturated rings. The van der Waals surface area contributed by atoms with Crippen LogP contribution >= 0.6 is 0 Å². The minimum Gasteiger partial charge on any atom is -0.469 e. The van der Waals surface area contributed by atoms with Crippen molar-refractivity contribution in [2.24, 2.45) is 0 Å². The van der Waals surface area contributed by atoms with Crippen molar-refractivity contribution >= 4 is 5.97 Å². The number of ether oxygens (including phenoxy) is 1. The zero-order chi connectivity index (χ0) is 13.1. The number of rotatable bonds is 9. The van der Waals surface area contributed by atoms with E-state index in [1.807, 2.05) is 12.4 Å². The lowest BCUT2D eigenvalue weighted by Crippen LogP contribution is -1.99. The standard InChI is InChI=1S/C15H23NO2/c1-18-15(17)9-7-5-3-2-4-6-8-14-10-12-16-13-11-14/h10-13H,2-9H2,1H3. The summed E-state index contributed by atoms with van der Waals surface area (Å²) in [7, 11) is 1.45. The quantitative estimate of drug-likeness (QED) is 0.496. The Balaban J connectivity index is 1.89. The van der Waals surface area contributed by atoms with Crippen LogP contribution in [0, 0.1) is 0 Å². The van der Waals surface area contributed by atoms with Crippen molar-refractivity contribution in [2.75, 3.05) is 7.11 Å². The molecule has 0 amide bonds. The van der Waals surface area contributed by atoms with E-state index in [0.29, 0.717) is 6.42 Å². The molecule has 3 nitrogen and oxygen atoms in total. The molecule has 0 spiro atoms. The first-order valence-corrected chi connectivity index (χ1v) is 6.78. The van der Waals surface area contributed by atoms with Crippen molar-refractivity contribution in [2.45, 2.75) is 51.4 Å². The Kier molecular flexibility index (Phi) is 7.85. The molecule has 0 aliphatic carbocycles. The maximum absolute atomic E-state index is 10.9. The molecule has 0 radical (unpaired) electrons.